The van der Waals surface area contributed by atoms with Crippen molar-refractivity contribution >= 4 is 19.5 Å². The van der Waals surface area contributed by atoms with E-state index in [4.69, 9.17) is 9.47 Å². The maximum Gasteiger partial charge on any atom is 0.337 e. The first-order valence-corrected chi connectivity index (χ1v) is 5.81. The number of hydrogen-bond acceptors (Lipinski definition) is 5. The number of esters is 1. The van der Waals surface area contributed by atoms with Crippen molar-refractivity contribution in [3.8, 4) is 5.75 Å². The Hall–Kier alpha value is -1.24. The summed E-state index contributed by atoms with van der Waals surface area (Å²) in [7, 11) is 3.03. The van der Waals surface area contributed by atoms with Crippen molar-refractivity contribution in [2.24, 2.45) is 0 Å². The Kier molecular flexibility index (Phi) is 6.14. The van der Waals surface area contributed by atoms with Crippen molar-refractivity contribution in [2.45, 2.75) is 12.6 Å². The van der Waals surface area contributed by atoms with Gasteiger partial charge in [0, 0.05) is 19.2 Å². The first-order chi connectivity index (χ1) is 8.74. The summed E-state index contributed by atoms with van der Waals surface area (Å²) < 4.78 is 15.5. The van der Waals surface area contributed by atoms with Gasteiger partial charge in [0.05, 0.1) is 25.3 Å². The zero-order valence-electron chi connectivity index (χ0n) is 11.1. The van der Waals surface area contributed by atoms with Crippen molar-refractivity contribution in [2.75, 3.05) is 27.4 Å². The van der Waals surface area contributed by atoms with Crippen LogP contribution >= 0.6 is 13.5 Å². The van der Waals surface area contributed by atoms with E-state index in [-0.39, 0.29) is 25.5 Å². The number of nitrogens with one attached hydrogen (secondary N) is 1. The summed E-state index contributed by atoms with van der Waals surface area (Å²) in [6, 6.07) is 5.50. The molecular weight excluding hydrogens is 266 g/mol. The van der Waals surface area contributed by atoms with E-state index in [1.165, 1.54) is 7.11 Å². The zero-order chi connectivity index (χ0) is 13.0. The highest BCUT2D eigenvalue weighted by Crippen LogP contribution is 2.23. The first kappa shape index (κ1) is 15.8. The molecule has 0 spiro atoms. The third kappa shape index (κ3) is 3.86. The molecule has 1 aromatic rings. The van der Waals surface area contributed by atoms with Crippen LogP contribution in [0.5, 0.6) is 5.75 Å². The molecule has 1 aliphatic heterocycles. The molecule has 1 aliphatic rings. The van der Waals surface area contributed by atoms with Gasteiger partial charge in [-0.1, -0.05) is 6.07 Å². The highest BCUT2D eigenvalue weighted by Gasteiger charge is 2.18. The molecule has 19 heavy (non-hydrogen) atoms. The number of carbonyl (C=O) groups is 1. The summed E-state index contributed by atoms with van der Waals surface area (Å²) in [5, 5.41) is 3.34. The minimum atomic E-state index is -0.355. The summed E-state index contributed by atoms with van der Waals surface area (Å²) in [5.41, 5.74) is 1.53. The molecule has 106 valence electrons. The number of methoxy groups -OCH3 is 2. The molecule has 6 heteroatoms. The average molecular weight is 285 g/mol. The van der Waals surface area contributed by atoms with Crippen LogP contribution in [0.1, 0.15) is 15.9 Å². The number of rotatable bonds is 3. The Morgan fingerprint density at radius 1 is 1.47 bits per heavy atom. The molecule has 0 radical (unpaired) electrons. The molecule has 0 bridgehead atoms. The van der Waals surface area contributed by atoms with Crippen molar-refractivity contribution in [1.82, 2.24) is 5.32 Å². The molecule has 0 unspecified atom stereocenters. The zero-order valence-corrected chi connectivity index (χ0v) is 12.1. The molecule has 1 N–H and O–H groups in total. The average Bonchev–Trinajstić information content (AvgIpc) is 2.60. The fraction of sp³-hybridized carbons (Fsp3) is 0.462. The highest BCUT2D eigenvalue weighted by molar-refractivity contribution is 7.59. The third-order valence-electron chi connectivity index (χ3n) is 2.88. The Balaban J connectivity index is 0.00000180. The van der Waals surface area contributed by atoms with Gasteiger partial charge < -0.3 is 19.5 Å². The molecule has 1 heterocycles. The quantitative estimate of drug-likeness (QED) is 0.842. The maximum absolute atomic E-state index is 11.4. The fourth-order valence-electron chi connectivity index (χ4n) is 1.89. The summed E-state index contributed by atoms with van der Waals surface area (Å²) in [5.74, 6) is 0.371. The number of ether oxygens (including phenoxy) is 3. The molecule has 1 atom stereocenters. The molecule has 2 rings (SSSR count). The van der Waals surface area contributed by atoms with Crippen LogP contribution in [0, 0.1) is 0 Å². The van der Waals surface area contributed by atoms with Crippen LogP contribution in [-0.4, -0.2) is 39.4 Å². The lowest BCUT2D eigenvalue weighted by Gasteiger charge is -2.13. The second-order valence-corrected chi connectivity index (χ2v) is 4.16. The van der Waals surface area contributed by atoms with E-state index in [1.807, 2.05) is 6.07 Å². The third-order valence-corrected chi connectivity index (χ3v) is 2.88. The smallest absolute Gasteiger partial charge is 0.337 e. The molecule has 0 amide bonds. The monoisotopic (exact) mass is 285 g/mol. The maximum atomic E-state index is 11.4. The standard InChI is InChI=1S/C13H17NO4.H2S/c1-16-7-11-8-18-12-5-9(13(15)17-2)3-4-10(12)6-14-11;/h3-5,11,14H,6-8H2,1-2H3;1H2/t11-;/m1./s1. The van der Waals surface area contributed by atoms with Gasteiger partial charge in [0.15, 0.2) is 0 Å². The summed E-state index contributed by atoms with van der Waals surface area (Å²) in [6.07, 6.45) is 0. The van der Waals surface area contributed by atoms with E-state index in [2.05, 4.69) is 10.1 Å². The van der Waals surface area contributed by atoms with Crippen molar-refractivity contribution in [3.63, 3.8) is 0 Å². The predicted octanol–water partition coefficient (Wildman–Crippen LogP) is 1.08. The van der Waals surface area contributed by atoms with Crippen LogP contribution in [0.4, 0.5) is 0 Å². The van der Waals surface area contributed by atoms with Gasteiger partial charge in [0.1, 0.15) is 12.4 Å². The fourth-order valence-corrected chi connectivity index (χ4v) is 1.89. The Labute approximate surface area is 119 Å². The molecule has 0 aliphatic carbocycles. The van der Waals surface area contributed by atoms with Gasteiger partial charge in [-0.2, -0.15) is 13.5 Å². The predicted molar refractivity (Wildman–Crippen MR) is 76.2 cm³/mol. The SMILES string of the molecule is COC[C@@H]1COc2cc(C(=O)OC)ccc2CN1.S. The lowest BCUT2D eigenvalue weighted by atomic mass is 10.1. The summed E-state index contributed by atoms with van der Waals surface area (Å²) in [6.45, 7) is 1.81. The van der Waals surface area contributed by atoms with Gasteiger partial charge in [0.25, 0.3) is 0 Å². The van der Waals surface area contributed by atoms with Crippen LogP contribution in [0.3, 0.4) is 0 Å². The van der Waals surface area contributed by atoms with Gasteiger partial charge in [-0.3, -0.25) is 0 Å². The molecular formula is C13H19NO4S. The molecule has 0 saturated carbocycles. The van der Waals surface area contributed by atoms with E-state index in [1.54, 1.807) is 19.2 Å². The highest BCUT2D eigenvalue weighted by atomic mass is 32.1. The summed E-state index contributed by atoms with van der Waals surface area (Å²) in [4.78, 5) is 11.4. The lowest BCUT2D eigenvalue weighted by molar-refractivity contribution is 0.0600. The van der Waals surface area contributed by atoms with Crippen LogP contribution in [0.2, 0.25) is 0 Å². The van der Waals surface area contributed by atoms with Crippen LogP contribution < -0.4 is 10.1 Å². The van der Waals surface area contributed by atoms with Gasteiger partial charge in [-0.25, -0.2) is 4.79 Å². The van der Waals surface area contributed by atoms with Crippen molar-refractivity contribution < 1.29 is 19.0 Å². The number of benzene rings is 1. The number of fused-ring (bicyclic) bond motifs is 1. The normalized spacial score (nSPS) is 17.5. The molecule has 0 saturated heterocycles. The first-order valence-electron chi connectivity index (χ1n) is 5.81. The Morgan fingerprint density at radius 3 is 2.95 bits per heavy atom. The second kappa shape index (κ2) is 7.37. The minimum Gasteiger partial charge on any atom is -0.492 e. The van der Waals surface area contributed by atoms with Crippen LogP contribution in [0.15, 0.2) is 18.2 Å². The molecule has 1 aromatic carbocycles. The van der Waals surface area contributed by atoms with E-state index in [0.717, 1.165) is 11.3 Å². The van der Waals surface area contributed by atoms with Gasteiger partial charge in [-0.05, 0) is 12.1 Å². The van der Waals surface area contributed by atoms with E-state index in [0.29, 0.717) is 25.3 Å². The largest absolute Gasteiger partial charge is 0.492 e. The Bertz CT molecular complexity index is 439. The van der Waals surface area contributed by atoms with Gasteiger partial charge in [0.2, 0.25) is 0 Å². The molecule has 0 aromatic heterocycles. The molecule has 5 nitrogen and oxygen atoms in total. The van der Waals surface area contributed by atoms with E-state index < -0.39 is 0 Å². The van der Waals surface area contributed by atoms with Gasteiger partial charge >= 0.3 is 5.97 Å². The lowest BCUT2D eigenvalue weighted by Crippen LogP contribution is -2.35. The molecule has 0 fully saturated rings. The topological polar surface area (TPSA) is 56.8 Å². The van der Waals surface area contributed by atoms with E-state index >= 15 is 0 Å². The van der Waals surface area contributed by atoms with Crippen molar-refractivity contribution in [3.05, 3.63) is 29.3 Å². The van der Waals surface area contributed by atoms with E-state index in [9.17, 15) is 4.79 Å². The van der Waals surface area contributed by atoms with Crippen LogP contribution in [-0.2, 0) is 16.0 Å². The van der Waals surface area contributed by atoms with Crippen LogP contribution in [0.25, 0.3) is 0 Å². The van der Waals surface area contributed by atoms with Crippen molar-refractivity contribution in [1.29, 1.82) is 0 Å². The summed E-state index contributed by atoms with van der Waals surface area (Å²) >= 11 is 0. The number of carbonyl (C=O) groups excluding carboxylic acids is 1. The van der Waals surface area contributed by atoms with Gasteiger partial charge in [-0.15, -0.1) is 0 Å². The minimum absolute atomic E-state index is 0. The number of hydrogen-bond donors (Lipinski definition) is 1. The second-order valence-electron chi connectivity index (χ2n) is 4.16. The Morgan fingerprint density at radius 2 is 2.26 bits per heavy atom.